The molecule has 102 valence electrons. The minimum Gasteiger partial charge on any atom is -0.458 e. The van der Waals surface area contributed by atoms with Crippen molar-refractivity contribution in [3.05, 3.63) is 60.7 Å². The maximum absolute atomic E-state index is 11.7. The molecule has 4 nitrogen and oxygen atoms in total. The molecule has 5 heteroatoms. The second-order valence-electron chi connectivity index (χ2n) is 3.32. The predicted molar refractivity (Wildman–Crippen MR) is 78.7 cm³/mol. The lowest BCUT2D eigenvalue weighted by atomic mass is 10.1. The second-order valence-corrected chi connectivity index (χ2v) is 3.32. The van der Waals surface area contributed by atoms with Gasteiger partial charge < -0.3 is 9.47 Å². The Labute approximate surface area is 116 Å². The van der Waals surface area contributed by atoms with Crippen LogP contribution in [0.15, 0.2) is 49.6 Å². The van der Waals surface area contributed by atoms with E-state index in [9.17, 15) is 9.59 Å². The second kappa shape index (κ2) is 8.88. The van der Waals surface area contributed by atoms with Crippen LogP contribution in [0.25, 0.3) is 0 Å². The van der Waals surface area contributed by atoms with Crippen LogP contribution in [-0.4, -0.2) is 36.1 Å². The summed E-state index contributed by atoms with van der Waals surface area (Å²) in [7, 11) is 0. The number of ether oxygens (including phenoxy) is 2. The number of benzene rings is 1. The fourth-order valence-electron chi connectivity index (χ4n) is 1.26. The minimum atomic E-state index is -0.582. The smallest absolute Gasteiger partial charge is 0.339 e. The first-order valence-corrected chi connectivity index (χ1v) is 5.35. The quantitative estimate of drug-likeness (QED) is 0.441. The zero-order chi connectivity index (χ0) is 13.4. The van der Waals surface area contributed by atoms with Crippen LogP contribution in [-0.2, 0) is 9.47 Å². The molecule has 0 saturated heterocycles. The van der Waals surface area contributed by atoms with Crippen LogP contribution >= 0.6 is 0 Å². The van der Waals surface area contributed by atoms with Crippen molar-refractivity contribution in [1.82, 2.24) is 0 Å². The van der Waals surface area contributed by atoms with Crippen molar-refractivity contribution in [2.24, 2.45) is 0 Å². The predicted octanol–water partition coefficient (Wildman–Crippen LogP) is 0.921. The minimum absolute atomic E-state index is 0. The summed E-state index contributed by atoms with van der Waals surface area (Å²) in [5, 5.41) is 0. The molecule has 0 unspecified atom stereocenters. The molecule has 0 amide bonds. The van der Waals surface area contributed by atoms with Crippen LogP contribution in [0.5, 0.6) is 0 Å². The Morgan fingerprint density at radius 1 is 0.947 bits per heavy atom. The third-order valence-electron chi connectivity index (χ3n) is 2.03. The molecule has 1 aromatic rings. The standard InChI is InChI=1S/C14H14O4.H4Si/c1-3-9-17-13(15)11-7-5-6-8-12(11)14(16)18-10-4-2;/h3-8H,1-2,9-10H2;1H4. The Hall–Kier alpha value is -2.14. The van der Waals surface area contributed by atoms with E-state index < -0.39 is 11.9 Å². The van der Waals surface area contributed by atoms with Crippen LogP contribution < -0.4 is 0 Å². The summed E-state index contributed by atoms with van der Waals surface area (Å²) >= 11 is 0. The summed E-state index contributed by atoms with van der Waals surface area (Å²) in [5.74, 6) is -1.16. The summed E-state index contributed by atoms with van der Waals surface area (Å²) in [4.78, 5) is 23.4. The van der Waals surface area contributed by atoms with Crippen LogP contribution in [0.2, 0.25) is 0 Å². The van der Waals surface area contributed by atoms with Crippen LogP contribution in [0.3, 0.4) is 0 Å². The van der Waals surface area contributed by atoms with Crippen molar-refractivity contribution in [3.8, 4) is 0 Å². The lowest BCUT2D eigenvalue weighted by Crippen LogP contribution is -2.14. The number of carbonyl (C=O) groups excluding carboxylic acids is 2. The van der Waals surface area contributed by atoms with Crippen LogP contribution in [0, 0.1) is 0 Å². The maximum Gasteiger partial charge on any atom is 0.339 e. The molecule has 0 spiro atoms. The highest BCUT2D eigenvalue weighted by Gasteiger charge is 2.18. The zero-order valence-electron chi connectivity index (χ0n) is 9.93. The van der Waals surface area contributed by atoms with E-state index >= 15 is 0 Å². The zero-order valence-corrected chi connectivity index (χ0v) is 9.93. The number of rotatable bonds is 6. The number of esters is 2. The maximum atomic E-state index is 11.7. The van der Waals surface area contributed by atoms with E-state index in [-0.39, 0.29) is 35.3 Å². The average molecular weight is 278 g/mol. The van der Waals surface area contributed by atoms with E-state index in [0.717, 1.165) is 0 Å². The number of hydrogen-bond acceptors (Lipinski definition) is 4. The molecule has 1 rings (SSSR count). The molecule has 0 aliphatic heterocycles. The molecule has 0 atom stereocenters. The highest BCUT2D eigenvalue weighted by Crippen LogP contribution is 2.12. The third kappa shape index (κ3) is 4.93. The molecular formula is C14H18O4Si. The van der Waals surface area contributed by atoms with Crippen LogP contribution in [0.4, 0.5) is 0 Å². The Morgan fingerprint density at radius 2 is 1.32 bits per heavy atom. The van der Waals surface area contributed by atoms with Crippen molar-refractivity contribution >= 4 is 22.9 Å². The molecule has 0 bridgehead atoms. The van der Waals surface area contributed by atoms with Crippen molar-refractivity contribution in [2.45, 2.75) is 0 Å². The van der Waals surface area contributed by atoms with E-state index in [2.05, 4.69) is 13.2 Å². The SMILES string of the molecule is C=CCOC(=O)c1ccccc1C(=O)OCC=C.[SiH4]. The van der Waals surface area contributed by atoms with E-state index in [1.807, 2.05) is 0 Å². The molecule has 1 aromatic carbocycles. The Kier molecular flexibility index (Phi) is 7.88. The summed E-state index contributed by atoms with van der Waals surface area (Å²) in [6, 6.07) is 6.31. The van der Waals surface area contributed by atoms with Gasteiger partial charge >= 0.3 is 11.9 Å². The van der Waals surface area contributed by atoms with Crippen molar-refractivity contribution in [3.63, 3.8) is 0 Å². The fraction of sp³-hybridized carbons (Fsp3) is 0.143. The Bertz CT molecular complexity index is 425. The van der Waals surface area contributed by atoms with Gasteiger partial charge in [-0.15, -0.1) is 0 Å². The lowest BCUT2D eigenvalue weighted by molar-refractivity contribution is 0.0503. The monoisotopic (exact) mass is 278 g/mol. The highest BCUT2D eigenvalue weighted by molar-refractivity contribution is 6.03. The molecule has 0 aliphatic carbocycles. The van der Waals surface area contributed by atoms with Gasteiger partial charge in [0, 0.05) is 0 Å². The topological polar surface area (TPSA) is 52.6 Å². The molecule has 0 radical (unpaired) electrons. The van der Waals surface area contributed by atoms with Gasteiger partial charge in [-0.2, -0.15) is 0 Å². The summed E-state index contributed by atoms with van der Waals surface area (Å²) < 4.78 is 9.78. The van der Waals surface area contributed by atoms with Crippen molar-refractivity contribution in [1.29, 1.82) is 0 Å². The van der Waals surface area contributed by atoms with Gasteiger partial charge in [0.05, 0.1) is 11.1 Å². The molecule has 0 saturated carbocycles. The van der Waals surface area contributed by atoms with Crippen LogP contribution in [0.1, 0.15) is 20.7 Å². The molecular weight excluding hydrogens is 260 g/mol. The van der Waals surface area contributed by atoms with Gasteiger partial charge in [-0.1, -0.05) is 37.4 Å². The highest BCUT2D eigenvalue weighted by atomic mass is 28.1. The van der Waals surface area contributed by atoms with Crippen molar-refractivity contribution in [2.75, 3.05) is 13.2 Å². The van der Waals surface area contributed by atoms with Gasteiger partial charge in [0.1, 0.15) is 13.2 Å². The van der Waals surface area contributed by atoms with E-state index in [4.69, 9.17) is 9.47 Å². The Morgan fingerprint density at radius 3 is 1.63 bits per heavy atom. The molecule has 0 aromatic heterocycles. The van der Waals surface area contributed by atoms with Gasteiger partial charge in [-0.05, 0) is 23.1 Å². The Balaban J connectivity index is 0.00000324. The van der Waals surface area contributed by atoms with Gasteiger partial charge in [0.15, 0.2) is 0 Å². The number of carbonyl (C=O) groups is 2. The fourth-order valence-corrected chi connectivity index (χ4v) is 1.26. The lowest BCUT2D eigenvalue weighted by Gasteiger charge is -2.07. The van der Waals surface area contributed by atoms with E-state index in [1.165, 1.54) is 24.3 Å². The van der Waals surface area contributed by atoms with Crippen molar-refractivity contribution < 1.29 is 19.1 Å². The molecule has 0 N–H and O–H groups in total. The van der Waals surface area contributed by atoms with Gasteiger partial charge in [0.25, 0.3) is 0 Å². The third-order valence-corrected chi connectivity index (χ3v) is 2.03. The average Bonchev–Trinajstić information content (AvgIpc) is 2.42. The largest absolute Gasteiger partial charge is 0.458 e. The normalized spacial score (nSPS) is 8.84. The molecule has 19 heavy (non-hydrogen) atoms. The first kappa shape index (κ1) is 16.9. The summed E-state index contributed by atoms with van der Waals surface area (Å²) in [5.41, 5.74) is 0.349. The van der Waals surface area contributed by atoms with Gasteiger partial charge in [-0.25, -0.2) is 9.59 Å². The van der Waals surface area contributed by atoms with E-state index in [0.29, 0.717) is 0 Å². The van der Waals surface area contributed by atoms with Gasteiger partial charge in [0.2, 0.25) is 0 Å². The molecule has 0 heterocycles. The number of hydrogen-bond donors (Lipinski definition) is 0. The molecule has 0 fully saturated rings. The first-order valence-electron chi connectivity index (χ1n) is 5.35. The van der Waals surface area contributed by atoms with E-state index in [1.54, 1.807) is 12.1 Å². The summed E-state index contributed by atoms with van der Waals surface area (Å²) in [6.07, 6.45) is 2.91. The summed E-state index contributed by atoms with van der Waals surface area (Å²) in [6.45, 7) is 7.07. The first-order chi connectivity index (χ1) is 8.70. The van der Waals surface area contributed by atoms with Gasteiger partial charge in [-0.3, -0.25) is 0 Å². The molecule has 0 aliphatic rings.